The van der Waals surface area contributed by atoms with Crippen molar-refractivity contribution in [1.82, 2.24) is 5.32 Å². The van der Waals surface area contributed by atoms with Gasteiger partial charge in [0.05, 0.1) is 69.1 Å². The van der Waals surface area contributed by atoms with Crippen LogP contribution in [0.2, 0.25) is 0 Å². The highest BCUT2D eigenvalue weighted by atomic mass is 16.8. The van der Waals surface area contributed by atoms with Crippen LogP contribution in [-0.4, -0.2) is 146 Å². The van der Waals surface area contributed by atoms with Crippen LogP contribution >= 0.6 is 0 Å². The number of aliphatic hydroxyl groups excluding tert-OH is 5. The van der Waals surface area contributed by atoms with Crippen LogP contribution in [0.3, 0.4) is 0 Å². The monoisotopic (exact) mass is 686 g/mol. The zero-order chi connectivity index (χ0) is 35.4. The fourth-order valence-corrected chi connectivity index (χ4v) is 6.29. The number of hydrogen-bond donors (Lipinski definition) is 8. The molecule has 0 aromatic heterocycles. The van der Waals surface area contributed by atoms with Gasteiger partial charge in [-0.2, -0.15) is 0 Å². The highest BCUT2D eigenvalue weighted by Crippen LogP contribution is 2.37. The first kappa shape index (κ1) is 39.3. The number of nitrogens with zero attached hydrogens (tertiary/aromatic N) is 1. The number of methoxy groups -OCH3 is 1. The lowest BCUT2D eigenvalue weighted by atomic mass is 9.79. The number of allylic oxidation sites excluding steroid dienone is 1. The van der Waals surface area contributed by atoms with Crippen LogP contribution in [-0.2, 0) is 33.3 Å². The third kappa shape index (κ3) is 9.73. The smallest absolute Gasteiger partial charge is 0.337 e. The number of likely N-dealkylation sites (tertiary alicyclic amines) is 1. The van der Waals surface area contributed by atoms with Gasteiger partial charge >= 0.3 is 5.97 Å². The molecule has 3 aliphatic heterocycles. The van der Waals surface area contributed by atoms with Crippen molar-refractivity contribution in [3.05, 3.63) is 36.6 Å². The summed E-state index contributed by atoms with van der Waals surface area (Å²) in [5.41, 5.74) is 6.19. The van der Waals surface area contributed by atoms with Crippen LogP contribution in [0.1, 0.15) is 13.3 Å². The van der Waals surface area contributed by atoms with Crippen molar-refractivity contribution in [2.24, 2.45) is 34.4 Å². The number of nitrogens with one attached hydrogen (secondary N) is 2. The third-order valence-electron chi connectivity index (χ3n) is 8.74. The van der Waals surface area contributed by atoms with Gasteiger partial charge in [0.1, 0.15) is 31.0 Å². The van der Waals surface area contributed by atoms with E-state index in [2.05, 4.69) is 16.9 Å². The molecule has 0 aliphatic carbocycles. The molecule has 0 saturated carbocycles. The molecule has 3 rings (SSSR count). The van der Waals surface area contributed by atoms with Gasteiger partial charge in [0.15, 0.2) is 12.2 Å². The molecule has 2 saturated heterocycles. The number of carbonyl (C=O) groups excluding carboxylic acids is 2. The number of aliphatic carboxylic acids is 1. The molecule has 12 atom stereocenters. The van der Waals surface area contributed by atoms with E-state index in [1.165, 1.54) is 19.4 Å². The Bertz CT molecular complexity index is 1150. The van der Waals surface area contributed by atoms with E-state index in [-0.39, 0.29) is 51.0 Å². The number of carbonyl (C=O) groups is 2. The number of nitrogens with two attached hydrogens (primary N) is 1. The zero-order valence-electron chi connectivity index (χ0n) is 27.3. The van der Waals surface area contributed by atoms with Gasteiger partial charge < -0.3 is 75.1 Å². The first-order valence-corrected chi connectivity index (χ1v) is 16.0. The molecule has 3 aliphatic rings. The number of quaternary nitrogens is 1. The van der Waals surface area contributed by atoms with Crippen molar-refractivity contribution >= 4 is 17.9 Å². The number of piperidine rings is 1. The van der Waals surface area contributed by atoms with Gasteiger partial charge in [-0.3, -0.25) is 4.99 Å². The SMILES string of the molecule is C=CC1C(OC2OC(CO)C(O)C(O)C2OCC)OC=C(C(=O)OC)C1C=CC1C[NH+](CCO)CC(C(=O)[O-])C1NC(N)=NCCCO. The Morgan fingerprint density at radius 2 is 1.94 bits per heavy atom. The van der Waals surface area contributed by atoms with Crippen LogP contribution < -0.4 is 21.1 Å². The molecule has 48 heavy (non-hydrogen) atoms. The lowest BCUT2D eigenvalue weighted by Crippen LogP contribution is -3.16. The quantitative estimate of drug-likeness (QED) is 0.0248. The number of ether oxygens (including phenoxy) is 5. The van der Waals surface area contributed by atoms with Crippen molar-refractivity contribution in [2.75, 3.05) is 59.7 Å². The molecule has 17 nitrogen and oxygen atoms in total. The van der Waals surface area contributed by atoms with Crippen LogP contribution in [0.4, 0.5) is 0 Å². The molecule has 12 unspecified atom stereocenters. The largest absolute Gasteiger partial charge is 0.550 e. The van der Waals surface area contributed by atoms with E-state index in [0.717, 1.165) is 4.90 Å². The summed E-state index contributed by atoms with van der Waals surface area (Å²) in [5, 5.41) is 64.8. The van der Waals surface area contributed by atoms with Gasteiger partial charge in [0, 0.05) is 31.6 Å². The summed E-state index contributed by atoms with van der Waals surface area (Å²) in [6, 6.07) is -0.780. The molecule has 0 bridgehead atoms. The standard InChI is InChI=1S/C31H50N4O13/c1-4-18-19(8-7-17-13-35(10-12-37)14-20(27(41)42)23(17)34-31(32)33-9-6-11-36)21(28(43)44-3)16-46-29(18)48-30-26(45-5-2)25(40)24(39)22(15-38)47-30/h4,7-8,16-20,22-26,29-30,36-40H,1,5-6,9-15H2,2-3H3,(H,41,42)(H3,32,33,34). The van der Waals surface area contributed by atoms with Crippen molar-refractivity contribution in [2.45, 2.75) is 56.4 Å². The van der Waals surface area contributed by atoms with Gasteiger partial charge in [0.25, 0.3) is 0 Å². The van der Waals surface area contributed by atoms with Gasteiger partial charge in [-0.25, -0.2) is 4.79 Å². The molecule has 0 amide bonds. The first-order valence-electron chi connectivity index (χ1n) is 16.0. The summed E-state index contributed by atoms with van der Waals surface area (Å²) in [7, 11) is 1.21. The molecule has 9 N–H and O–H groups in total. The molecular formula is C31H50N4O13. The second kappa shape index (κ2) is 19.2. The number of guanidine groups is 1. The highest BCUT2D eigenvalue weighted by molar-refractivity contribution is 5.89. The third-order valence-corrected chi connectivity index (χ3v) is 8.74. The van der Waals surface area contributed by atoms with Crippen molar-refractivity contribution < 1.29 is 68.8 Å². The first-order chi connectivity index (χ1) is 23.0. The number of hydrogen-bond acceptors (Lipinski definition) is 14. The molecule has 17 heteroatoms. The fourth-order valence-electron chi connectivity index (χ4n) is 6.29. The number of carboxylic acid groups (broad SMARTS) is 1. The topological polar surface area (TPSA) is 259 Å². The normalized spacial score (nSPS) is 35.8. The Balaban J connectivity index is 1.97. The Morgan fingerprint density at radius 1 is 1.19 bits per heavy atom. The van der Waals surface area contributed by atoms with Crippen LogP contribution in [0.5, 0.6) is 0 Å². The Labute approximate surface area is 279 Å². The van der Waals surface area contributed by atoms with Gasteiger partial charge in [-0.05, 0) is 13.3 Å². The average molecular weight is 687 g/mol. The Kier molecular flexibility index (Phi) is 15.7. The maximum absolute atomic E-state index is 12.9. The lowest BCUT2D eigenvalue weighted by Gasteiger charge is -2.44. The summed E-state index contributed by atoms with van der Waals surface area (Å²) in [6.45, 7) is 5.92. The molecule has 0 radical (unpaired) electrons. The summed E-state index contributed by atoms with van der Waals surface area (Å²) in [4.78, 5) is 30.2. The van der Waals surface area contributed by atoms with E-state index < -0.39 is 85.3 Å². The number of carboxylic acids is 1. The molecule has 0 aromatic carbocycles. The molecule has 3 heterocycles. The van der Waals surface area contributed by atoms with Gasteiger partial charge in [-0.15, -0.1) is 6.58 Å². The van der Waals surface area contributed by atoms with Crippen molar-refractivity contribution in [3.63, 3.8) is 0 Å². The molecular weight excluding hydrogens is 636 g/mol. The second-order valence-electron chi connectivity index (χ2n) is 11.8. The molecule has 2 fully saturated rings. The zero-order valence-corrected chi connectivity index (χ0v) is 27.3. The van der Waals surface area contributed by atoms with Crippen LogP contribution in [0.15, 0.2) is 41.6 Å². The summed E-state index contributed by atoms with van der Waals surface area (Å²) in [6.07, 6.45) is -1.22. The predicted octanol–water partition coefficient (Wildman–Crippen LogP) is -5.24. The Hall–Kier alpha value is -3.13. The van der Waals surface area contributed by atoms with E-state index in [0.29, 0.717) is 13.0 Å². The summed E-state index contributed by atoms with van der Waals surface area (Å²) < 4.78 is 28.3. The van der Waals surface area contributed by atoms with E-state index in [4.69, 9.17) is 34.5 Å². The van der Waals surface area contributed by atoms with E-state index in [1.54, 1.807) is 19.1 Å². The highest BCUT2D eigenvalue weighted by Gasteiger charge is 2.49. The van der Waals surface area contributed by atoms with E-state index in [9.17, 15) is 35.1 Å². The van der Waals surface area contributed by atoms with Gasteiger partial charge in [0.2, 0.25) is 6.29 Å². The van der Waals surface area contributed by atoms with Crippen molar-refractivity contribution in [3.8, 4) is 0 Å². The maximum atomic E-state index is 12.9. The van der Waals surface area contributed by atoms with Crippen molar-refractivity contribution in [1.29, 1.82) is 0 Å². The Morgan fingerprint density at radius 3 is 2.54 bits per heavy atom. The number of esters is 1. The molecule has 0 spiro atoms. The number of aliphatic hydroxyl groups is 5. The number of aliphatic imine (C=N–C) groups is 1. The molecule has 272 valence electrons. The van der Waals surface area contributed by atoms with E-state index in [1.807, 2.05) is 0 Å². The lowest BCUT2D eigenvalue weighted by molar-refractivity contribution is -0.911. The fraction of sp³-hybridized carbons (Fsp3) is 0.710. The summed E-state index contributed by atoms with van der Waals surface area (Å²) in [5.74, 6) is -5.13. The maximum Gasteiger partial charge on any atom is 0.337 e. The van der Waals surface area contributed by atoms with Crippen LogP contribution in [0.25, 0.3) is 0 Å². The molecule has 0 aromatic rings. The predicted molar refractivity (Wildman–Crippen MR) is 165 cm³/mol. The van der Waals surface area contributed by atoms with E-state index >= 15 is 0 Å². The van der Waals surface area contributed by atoms with Crippen LogP contribution in [0, 0.1) is 23.7 Å². The number of rotatable bonds is 16. The second-order valence-corrected chi connectivity index (χ2v) is 11.8. The average Bonchev–Trinajstić information content (AvgIpc) is 3.07. The minimum absolute atomic E-state index is 0.00724. The minimum Gasteiger partial charge on any atom is -0.550 e. The minimum atomic E-state index is -1.46. The van der Waals surface area contributed by atoms with Gasteiger partial charge in [-0.1, -0.05) is 18.2 Å². The summed E-state index contributed by atoms with van der Waals surface area (Å²) >= 11 is 0.